The number of rotatable bonds is 2. The fraction of sp³-hybridized carbons (Fsp3) is 0.357. The van der Waals surface area contributed by atoms with E-state index in [9.17, 15) is 4.79 Å². The standard InChI is InChI=1S/C14H17N3O/c1-16-9-10-17(14(16)18)13-7-3-2-5-11(13)12-6-4-8-15-12/h2-3,5,7,9-10,12,15H,4,6,8H2,1H3. The first-order chi connectivity index (χ1) is 8.77. The fourth-order valence-corrected chi connectivity index (χ4v) is 2.60. The molecule has 1 atom stereocenters. The molecule has 0 amide bonds. The second kappa shape index (κ2) is 4.46. The predicted molar refractivity (Wildman–Crippen MR) is 71.0 cm³/mol. The SMILES string of the molecule is Cn1ccn(-c2ccccc2C2CCCN2)c1=O. The molecule has 18 heavy (non-hydrogen) atoms. The molecule has 0 spiro atoms. The Balaban J connectivity index is 2.11. The molecule has 1 N–H and O–H groups in total. The molecule has 2 aromatic rings. The minimum atomic E-state index is 0.000414. The van der Waals surface area contributed by atoms with Crippen molar-refractivity contribution in [3.63, 3.8) is 0 Å². The van der Waals surface area contributed by atoms with Gasteiger partial charge in [-0.2, -0.15) is 0 Å². The monoisotopic (exact) mass is 243 g/mol. The molecule has 1 aliphatic rings. The topological polar surface area (TPSA) is 39.0 Å². The van der Waals surface area contributed by atoms with Crippen molar-refractivity contribution < 1.29 is 0 Å². The first-order valence-electron chi connectivity index (χ1n) is 6.34. The van der Waals surface area contributed by atoms with Crippen LogP contribution in [-0.2, 0) is 7.05 Å². The van der Waals surface area contributed by atoms with Crippen molar-refractivity contribution in [2.75, 3.05) is 6.54 Å². The molecule has 0 saturated carbocycles. The van der Waals surface area contributed by atoms with Crippen molar-refractivity contribution in [1.82, 2.24) is 14.5 Å². The second-order valence-corrected chi connectivity index (χ2v) is 4.77. The molecule has 1 aliphatic heterocycles. The smallest absolute Gasteiger partial charge is 0.310 e. The highest BCUT2D eigenvalue weighted by Gasteiger charge is 2.20. The highest BCUT2D eigenvalue weighted by molar-refractivity contribution is 5.43. The first kappa shape index (κ1) is 11.3. The Kier molecular flexibility index (Phi) is 2.80. The van der Waals surface area contributed by atoms with Gasteiger partial charge < -0.3 is 9.88 Å². The number of nitrogens with zero attached hydrogens (tertiary/aromatic N) is 2. The van der Waals surface area contributed by atoms with Gasteiger partial charge in [-0.25, -0.2) is 4.79 Å². The van der Waals surface area contributed by atoms with Gasteiger partial charge in [0.1, 0.15) is 0 Å². The van der Waals surface area contributed by atoms with Crippen molar-refractivity contribution in [1.29, 1.82) is 0 Å². The van der Waals surface area contributed by atoms with Gasteiger partial charge >= 0.3 is 5.69 Å². The number of aryl methyl sites for hydroxylation is 1. The molecule has 3 rings (SSSR count). The van der Waals surface area contributed by atoms with Gasteiger partial charge in [0, 0.05) is 25.5 Å². The molecule has 1 aromatic carbocycles. The normalized spacial score (nSPS) is 19.3. The van der Waals surface area contributed by atoms with Crippen LogP contribution in [0.1, 0.15) is 24.4 Å². The molecule has 1 saturated heterocycles. The summed E-state index contributed by atoms with van der Waals surface area (Å²) in [5.41, 5.74) is 2.20. The molecule has 0 radical (unpaired) electrons. The van der Waals surface area contributed by atoms with Gasteiger partial charge in [-0.1, -0.05) is 18.2 Å². The lowest BCUT2D eigenvalue weighted by Gasteiger charge is -2.15. The summed E-state index contributed by atoms with van der Waals surface area (Å²) in [5.74, 6) is 0. The van der Waals surface area contributed by atoms with E-state index in [1.54, 1.807) is 22.4 Å². The maximum absolute atomic E-state index is 12.0. The number of imidazole rings is 1. The van der Waals surface area contributed by atoms with Crippen LogP contribution in [0.4, 0.5) is 0 Å². The van der Waals surface area contributed by atoms with Gasteiger partial charge in [-0.3, -0.25) is 4.57 Å². The van der Waals surface area contributed by atoms with E-state index in [2.05, 4.69) is 11.4 Å². The molecule has 2 heterocycles. The Morgan fingerprint density at radius 3 is 2.78 bits per heavy atom. The minimum Gasteiger partial charge on any atom is -0.310 e. The summed E-state index contributed by atoms with van der Waals surface area (Å²) >= 11 is 0. The lowest BCUT2D eigenvalue weighted by Crippen LogP contribution is -2.23. The van der Waals surface area contributed by atoms with Crippen LogP contribution >= 0.6 is 0 Å². The lowest BCUT2D eigenvalue weighted by molar-refractivity contribution is 0.641. The Labute approximate surface area is 106 Å². The highest BCUT2D eigenvalue weighted by Crippen LogP contribution is 2.27. The third-order valence-corrected chi connectivity index (χ3v) is 3.58. The van der Waals surface area contributed by atoms with Gasteiger partial charge in [-0.15, -0.1) is 0 Å². The zero-order valence-electron chi connectivity index (χ0n) is 10.5. The summed E-state index contributed by atoms with van der Waals surface area (Å²) in [4.78, 5) is 12.0. The summed E-state index contributed by atoms with van der Waals surface area (Å²) < 4.78 is 3.31. The second-order valence-electron chi connectivity index (χ2n) is 4.77. The molecule has 94 valence electrons. The van der Waals surface area contributed by atoms with Crippen LogP contribution in [0.3, 0.4) is 0 Å². The maximum atomic E-state index is 12.0. The maximum Gasteiger partial charge on any atom is 0.332 e. The molecule has 4 nitrogen and oxygen atoms in total. The van der Waals surface area contributed by atoms with E-state index in [1.165, 1.54) is 12.0 Å². The molecule has 0 bridgehead atoms. The quantitative estimate of drug-likeness (QED) is 0.870. The zero-order chi connectivity index (χ0) is 12.5. The minimum absolute atomic E-state index is 0.000414. The van der Waals surface area contributed by atoms with Crippen molar-refractivity contribution in [3.8, 4) is 5.69 Å². The Morgan fingerprint density at radius 2 is 2.11 bits per heavy atom. The summed E-state index contributed by atoms with van der Waals surface area (Å²) in [7, 11) is 1.77. The van der Waals surface area contributed by atoms with E-state index < -0.39 is 0 Å². The number of nitrogens with one attached hydrogen (secondary N) is 1. The molecule has 1 unspecified atom stereocenters. The van der Waals surface area contributed by atoms with E-state index in [1.807, 2.05) is 24.4 Å². The third-order valence-electron chi connectivity index (χ3n) is 3.58. The average molecular weight is 243 g/mol. The summed E-state index contributed by atoms with van der Waals surface area (Å²) in [6.45, 7) is 1.06. The average Bonchev–Trinajstić information content (AvgIpc) is 3.02. The Hall–Kier alpha value is -1.81. The Bertz CT molecular complexity index is 605. The fourth-order valence-electron chi connectivity index (χ4n) is 2.60. The highest BCUT2D eigenvalue weighted by atomic mass is 16.1. The van der Waals surface area contributed by atoms with Crippen LogP contribution in [0, 0.1) is 0 Å². The predicted octanol–water partition coefficient (Wildman–Crippen LogP) is 1.60. The molecule has 0 aliphatic carbocycles. The van der Waals surface area contributed by atoms with Crippen molar-refractivity contribution in [2.45, 2.75) is 18.9 Å². The van der Waals surface area contributed by atoms with Gasteiger partial charge in [-0.05, 0) is 31.0 Å². The molecular weight excluding hydrogens is 226 g/mol. The molecular formula is C14H17N3O. The van der Waals surface area contributed by atoms with Crippen LogP contribution < -0.4 is 11.0 Å². The Morgan fingerprint density at radius 1 is 1.28 bits per heavy atom. The van der Waals surface area contributed by atoms with Gasteiger partial charge in [0.25, 0.3) is 0 Å². The molecule has 4 heteroatoms. The van der Waals surface area contributed by atoms with Gasteiger partial charge in [0.2, 0.25) is 0 Å². The number of para-hydroxylation sites is 1. The largest absolute Gasteiger partial charge is 0.332 e. The van der Waals surface area contributed by atoms with Gasteiger partial charge in [0.05, 0.1) is 5.69 Å². The van der Waals surface area contributed by atoms with Gasteiger partial charge in [0.15, 0.2) is 0 Å². The molecule has 1 fully saturated rings. The first-order valence-corrected chi connectivity index (χ1v) is 6.34. The van der Waals surface area contributed by atoms with Crippen LogP contribution in [-0.4, -0.2) is 15.7 Å². The van der Waals surface area contributed by atoms with Crippen LogP contribution in [0.15, 0.2) is 41.5 Å². The van der Waals surface area contributed by atoms with E-state index in [0.717, 1.165) is 18.7 Å². The number of aromatic nitrogens is 2. The summed E-state index contributed by atoms with van der Waals surface area (Å²) in [6, 6.07) is 8.50. The zero-order valence-corrected chi connectivity index (χ0v) is 10.5. The van der Waals surface area contributed by atoms with Crippen molar-refractivity contribution in [2.24, 2.45) is 7.05 Å². The lowest BCUT2D eigenvalue weighted by atomic mass is 10.0. The van der Waals surface area contributed by atoms with E-state index in [4.69, 9.17) is 0 Å². The summed E-state index contributed by atoms with van der Waals surface area (Å²) in [6.07, 6.45) is 5.96. The summed E-state index contributed by atoms with van der Waals surface area (Å²) in [5, 5.41) is 3.49. The van der Waals surface area contributed by atoms with Crippen LogP contribution in [0.2, 0.25) is 0 Å². The van der Waals surface area contributed by atoms with Crippen molar-refractivity contribution in [3.05, 3.63) is 52.7 Å². The van der Waals surface area contributed by atoms with E-state index in [0.29, 0.717) is 6.04 Å². The van der Waals surface area contributed by atoms with Crippen molar-refractivity contribution >= 4 is 0 Å². The number of hydrogen-bond donors (Lipinski definition) is 1. The number of hydrogen-bond acceptors (Lipinski definition) is 2. The van der Waals surface area contributed by atoms with Crippen LogP contribution in [0.25, 0.3) is 5.69 Å². The third kappa shape index (κ3) is 1.78. The number of benzene rings is 1. The van der Waals surface area contributed by atoms with E-state index in [-0.39, 0.29) is 5.69 Å². The molecule has 1 aromatic heterocycles. The van der Waals surface area contributed by atoms with Crippen LogP contribution in [0.5, 0.6) is 0 Å². The van der Waals surface area contributed by atoms with E-state index >= 15 is 0 Å².